The minimum absolute atomic E-state index is 0.467. The quantitative estimate of drug-likeness (QED) is 0.281. The number of hydrogen-bond acceptors (Lipinski definition) is 1. The smallest absolute Gasteiger partial charge is 0.0783 e. The largest absolute Gasteiger partial charge is 0.255 e. The maximum atomic E-state index is 5.01. The zero-order valence-electron chi connectivity index (χ0n) is 19.6. The molecule has 0 spiro atoms. The van der Waals surface area contributed by atoms with Gasteiger partial charge in [-0.2, -0.15) is 0 Å². The molecule has 3 aromatic carbocycles. The number of nitrogens with zero attached hydrogens (tertiary/aromatic N) is 1. The van der Waals surface area contributed by atoms with Crippen LogP contribution in [0.15, 0.2) is 60.8 Å². The Morgan fingerprint density at radius 2 is 1.69 bits per heavy atom. The first-order valence-corrected chi connectivity index (χ1v) is 12.0. The van der Waals surface area contributed by atoms with E-state index in [0.29, 0.717) is 11.3 Å². The van der Waals surface area contributed by atoms with E-state index in [1.807, 2.05) is 0 Å². The van der Waals surface area contributed by atoms with E-state index in [-0.39, 0.29) is 0 Å². The molecule has 1 heterocycles. The number of benzene rings is 3. The molecule has 0 bridgehead atoms. The van der Waals surface area contributed by atoms with E-state index in [2.05, 4.69) is 88.5 Å². The first-order chi connectivity index (χ1) is 15.4. The maximum absolute atomic E-state index is 5.01. The Morgan fingerprint density at radius 1 is 0.875 bits per heavy atom. The van der Waals surface area contributed by atoms with Gasteiger partial charge in [-0.25, -0.2) is 0 Å². The maximum Gasteiger partial charge on any atom is 0.0783 e. The SMILES string of the molecule is Cc1cc2c(c(-c3ncc(C)c4cc(C5CCC(C)(C)C5)ccc34)c1)Cc1ccccc1-2. The fourth-order valence-corrected chi connectivity index (χ4v) is 6.17. The fraction of sp³-hybridized carbons (Fsp3) is 0.323. The summed E-state index contributed by atoms with van der Waals surface area (Å²) in [6.45, 7) is 9.24. The normalized spacial score (nSPS) is 18.7. The Hall–Kier alpha value is -2.93. The highest BCUT2D eigenvalue weighted by Gasteiger charge is 2.32. The van der Waals surface area contributed by atoms with E-state index in [0.717, 1.165) is 12.1 Å². The minimum atomic E-state index is 0.467. The molecule has 1 fully saturated rings. The van der Waals surface area contributed by atoms with Crippen LogP contribution >= 0.6 is 0 Å². The Labute approximate surface area is 191 Å². The number of hydrogen-bond donors (Lipinski definition) is 0. The lowest BCUT2D eigenvalue weighted by atomic mass is 9.87. The molecule has 0 N–H and O–H groups in total. The molecular weight excluding hydrogens is 386 g/mol. The molecule has 0 radical (unpaired) electrons. The molecule has 160 valence electrons. The first-order valence-electron chi connectivity index (χ1n) is 12.0. The van der Waals surface area contributed by atoms with Crippen molar-refractivity contribution in [3.05, 3.63) is 88.6 Å². The molecule has 0 aliphatic heterocycles. The van der Waals surface area contributed by atoms with Gasteiger partial charge in [-0.1, -0.05) is 62.4 Å². The summed E-state index contributed by atoms with van der Waals surface area (Å²) >= 11 is 0. The van der Waals surface area contributed by atoms with Gasteiger partial charge in [0.1, 0.15) is 0 Å². The Kier molecular flexibility index (Phi) is 4.34. The Bertz CT molecular complexity index is 1380. The fourth-order valence-electron chi connectivity index (χ4n) is 6.17. The highest BCUT2D eigenvalue weighted by Crippen LogP contribution is 2.47. The summed E-state index contributed by atoms with van der Waals surface area (Å²) < 4.78 is 0. The third-order valence-electron chi connectivity index (χ3n) is 7.87. The summed E-state index contributed by atoms with van der Waals surface area (Å²) in [5, 5.41) is 2.65. The van der Waals surface area contributed by atoms with Gasteiger partial charge in [0, 0.05) is 17.1 Å². The molecule has 1 heteroatoms. The summed E-state index contributed by atoms with van der Waals surface area (Å²) in [4.78, 5) is 5.01. The molecule has 2 aliphatic rings. The van der Waals surface area contributed by atoms with Gasteiger partial charge >= 0.3 is 0 Å². The number of fused-ring (bicyclic) bond motifs is 4. The molecule has 1 aromatic heterocycles. The third-order valence-corrected chi connectivity index (χ3v) is 7.87. The van der Waals surface area contributed by atoms with E-state index in [4.69, 9.17) is 4.98 Å². The van der Waals surface area contributed by atoms with Crippen LogP contribution in [0.2, 0.25) is 0 Å². The first kappa shape index (κ1) is 19.7. The second-order valence-corrected chi connectivity index (χ2v) is 10.9. The van der Waals surface area contributed by atoms with Crippen molar-refractivity contribution in [3.63, 3.8) is 0 Å². The summed E-state index contributed by atoms with van der Waals surface area (Å²) in [5.41, 5.74) is 12.6. The van der Waals surface area contributed by atoms with Crippen molar-refractivity contribution < 1.29 is 0 Å². The molecule has 1 unspecified atom stereocenters. The topological polar surface area (TPSA) is 12.9 Å². The van der Waals surface area contributed by atoms with Crippen molar-refractivity contribution in [3.8, 4) is 22.4 Å². The Morgan fingerprint density at radius 3 is 2.50 bits per heavy atom. The molecule has 4 aromatic rings. The van der Waals surface area contributed by atoms with Crippen molar-refractivity contribution in [2.45, 2.75) is 59.3 Å². The number of rotatable bonds is 2. The van der Waals surface area contributed by atoms with Crippen LogP contribution in [0.1, 0.15) is 66.8 Å². The molecular formula is C31H31N. The third kappa shape index (κ3) is 3.10. The van der Waals surface area contributed by atoms with Crippen LogP contribution in [-0.4, -0.2) is 4.98 Å². The van der Waals surface area contributed by atoms with Crippen LogP contribution in [0, 0.1) is 19.3 Å². The minimum Gasteiger partial charge on any atom is -0.255 e. The van der Waals surface area contributed by atoms with Gasteiger partial charge in [0.05, 0.1) is 5.69 Å². The molecule has 1 saturated carbocycles. The standard InChI is InChI=1S/C31H31N/c1-19-13-27-24-8-6-5-7-22(24)16-28(27)29(14-19)30-25-10-9-21(15-26(25)20(2)18-32-30)23-11-12-31(3,4)17-23/h5-10,13-15,18,23H,11-12,16-17H2,1-4H3. The van der Waals surface area contributed by atoms with Gasteiger partial charge in [0.25, 0.3) is 0 Å². The summed E-state index contributed by atoms with van der Waals surface area (Å²) in [5.74, 6) is 0.683. The van der Waals surface area contributed by atoms with Gasteiger partial charge < -0.3 is 0 Å². The van der Waals surface area contributed by atoms with Crippen LogP contribution < -0.4 is 0 Å². The lowest BCUT2D eigenvalue weighted by Gasteiger charge is -2.18. The zero-order valence-corrected chi connectivity index (χ0v) is 19.6. The lowest BCUT2D eigenvalue weighted by Crippen LogP contribution is -2.04. The van der Waals surface area contributed by atoms with Gasteiger partial charge in [-0.15, -0.1) is 0 Å². The van der Waals surface area contributed by atoms with E-state index < -0.39 is 0 Å². The molecule has 32 heavy (non-hydrogen) atoms. The summed E-state index contributed by atoms with van der Waals surface area (Å²) in [6, 6.07) is 20.7. The van der Waals surface area contributed by atoms with Gasteiger partial charge in [0.2, 0.25) is 0 Å². The van der Waals surface area contributed by atoms with E-state index in [1.165, 1.54) is 74.5 Å². The lowest BCUT2D eigenvalue weighted by molar-refractivity contribution is 0.376. The van der Waals surface area contributed by atoms with E-state index in [1.54, 1.807) is 0 Å². The number of pyridine rings is 1. The van der Waals surface area contributed by atoms with Gasteiger partial charge in [-0.05, 0) is 101 Å². The molecule has 0 saturated heterocycles. The predicted molar refractivity (Wildman–Crippen MR) is 135 cm³/mol. The Balaban J connectivity index is 1.51. The summed E-state index contributed by atoms with van der Waals surface area (Å²) in [6.07, 6.45) is 6.99. The van der Waals surface area contributed by atoms with Crippen molar-refractivity contribution in [1.29, 1.82) is 0 Å². The van der Waals surface area contributed by atoms with Crippen molar-refractivity contribution in [2.24, 2.45) is 5.41 Å². The van der Waals surface area contributed by atoms with E-state index in [9.17, 15) is 0 Å². The molecule has 0 amide bonds. The predicted octanol–water partition coefficient (Wildman–Crippen LogP) is 8.38. The molecule has 6 rings (SSSR count). The van der Waals surface area contributed by atoms with Crippen molar-refractivity contribution in [1.82, 2.24) is 4.98 Å². The van der Waals surface area contributed by atoms with Gasteiger partial charge in [0.15, 0.2) is 0 Å². The number of aryl methyl sites for hydroxylation is 2. The van der Waals surface area contributed by atoms with Crippen LogP contribution in [-0.2, 0) is 6.42 Å². The monoisotopic (exact) mass is 417 g/mol. The summed E-state index contributed by atoms with van der Waals surface area (Å²) in [7, 11) is 0. The average molecular weight is 418 g/mol. The van der Waals surface area contributed by atoms with Crippen LogP contribution in [0.3, 0.4) is 0 Å². The number of aromatic nitrogens is 1. The zero-order chi connectivity index (χ0) is 22.0. The van der Waals surface area contributed by atoms with Crippen molar-refractivity contribution in [2.75, 3.05) is 0 Å². The van der Waals surface area contributed by atoms with E-state index >= 15 is 0 Å². The molecule has 2 aliphatic carbocycles. The van der Waals surface area contributed by atoms with Crippen LogP contribution in [0.5, 0.6) is 0 Å². The van der Waals surface area contributed by atoms with Crippen LogP contribution in [0.4, 0.5) is 0 Å². The highest BCUT2D eigenvalue weighted by molar-refractivity contribution is 5.99. The average Bonchev–Trinajstić information content (AvgIpc) is 3.33. The van der Waals surface area contributed by atoms with Crippen molar-refractivity contribution >= 4 is 10.8 Å². The highest BCUT2D eigenvalue weighted by atomic mass is 14.7. The second kappa shape index (κ2) is 7.04. The van der Waals surface area contributed by atoms with Gasteiger partial charge in [-0.3, -0.25) is 4.98 Å². The molecule has 1 nitrogen and oxygen atoms in total. The molecule has 1 atom stereocenters. The van der Waals surface area contributed by atoms with Crippen LogP contribution in [0.25, 0.3) is 33.2 Å². The second-order valence-electron chi connectivity index (χ2n) is 10.9.